The van der Waals surface area contributed by atoms with Crippen molar-refractivity contribution in [3.63, 3.8) is 0 Å². The lowest BCUT2D eigenvalue weighted by atomic mass is 9.99. The summed E-state index contributed by atoms with van der Waals surface area (Å²) in [5, 5.41) is 27.2. The number of alkyl halides is 3. The van der Waals surface area contributed by atoms with Gasteiger partial charge in [-0.05, 0) is 0 Å². The van der Waals surface area contributed by atoms with E-state index in [1.807, 2.05) is 0 Å². The minimum atomic E-state index is -5.08. The van der Waals surface area contributed by atoms with Crippen molar-refractivity contribution in [2.75, 3.05) is 19.7 Å². The Labute approximate surface area is 77.2 Å². The zero-order valence-electron chi connectivity index (χ0n) is 7.01. The van der Waals surface area contributed by atoms with Crippen molar-refractivity contribution >= 4 is 5.97 Å². The molecular formula is C6H10F3NO4. The van der Waals surface area contributed by atoms with Gasteiger partial charge in [-0.3, -0.25) is 0 Å². The molecule has 0 aromatic carbocycles. The molecule has 0 spiro atoms. The van der Waals surface area contributed by atoms with E-state index in [4.69, 9.17) is 20.1 Å². The molecule has 0 aliphatic carbocycles. The summed E-state index contributed by atoms with van der Waals surface area (Å²) in [6, 6.07) is 0. The van der Waals surface area contributed by atoms with E-state index >= 15 is 0 Å². The van der Waals surface area contributed by atoms with Crippen molar-refractivity contribution in [3.8, 4) is 0 Å². The maximum absolute atomic E-state index is 10.6. The molecule has 0 bridgehead atoms. The average Bonchev–Trinajstić information content (AvgIpc) is 1.99. The third kappa shape index (κ3) is 4.40. The summed E-state index contributed by atoms with van der Waals surface area (Å²) in [4.78, 5) is 8.90. The molecule has 0 atom stereocenters. The first-order valence-corrected chi connectivity index (χ1v) is 3.55. The highest BCUT2D eigenvalue weighted by molar-refractivity contribution is 5.73. The van der Waals surface area contributed by atoms with Crippen LogP contribution in [0.2, 0.25) is 0 Å². The molecule has 0 aromatic heterocycles. The first-order chi connectivity index (χ1) is 6.21. The molecule has 1 saturated heterocycles. The molecule has 14 heavy (non-hydrogen) atoms. The summed E-state index contributed by atoms with van der Waals surface area (Å²) in [5.41, 5.74) is -0.792. The standard InChI is InChI=1S/C4H9NO2.C2HF3O2/c6-3-4(7)1-5-2-4;3-2(4,5)1(6)7/h5-7H,1-3H2;(H,6,7). The van der Waals surface area contributed by atoms with E-state index in [1.54, 1.807) is 0 Å². The molecule has 0 radical (unpaired) electrons. The van der Waals surface area contributed by atoms with Crippen LogP contribution in [0.15, 0.2) is 0 Å². The number of hydrogen-bond acceptors (Lipinski definition) is 4. The zero-order valence-corrected chi connectivity index (χ0v) is 7.01. The second-order valence-electron chi connectivity index (χ2n) is 2.79. The largest absolute Gasteiger partial charge is 0.490 e. The molecule has 1 heterocycles. The maximum Gasteiger partial charge on any atom is 0.490 e. The fourth-order valence-corrected chi connectivity index (χ4v) is 0.525. The van der Waals surface area contributed by atoms with Gasteiger partial charge in [0.2, 0.25) is 0 Å². The second-order valence-corrected chi connectivity index (χ2v) is 2.79. The van der Waals surface area contributed by atoms with E-state index in [9.17, 15) is 13.2 Å². The lowest BCUT2D eigenvalue weighted by Crippen LogP contribution is -2.61. The Morgan fingerprint density at radius 1 is 1.43 bits per heavy atom. The summed E-state index contributed by atoms with van der Waals surface area (Å²) in [6.45, 7) is 0.938. The summed E-state index contributed by atoms with van der Waals surface area (Å²) >= 11 is 0. The van der Waals surface area contributed by atoms with Gasteiger partial charge in [-0.15, -0.1) is 0 Å². The number of nitrogens with one attached hydrogen (secondary N) is 1. The normalized spacial score (nSPS) is 18.9. The van der Waals surface area contributed by atoms with Gasteiger partial charge < -0.3 is 20.6 Å². The number of carboxylic acid groups (broad SMARTS) is 1. The lowest BCUT2D eigenvalue weighted by Gasteiger charge is -2.35. The highest BCUT2D eigenvalue weighted by Gasteiger charge is 2.38. The minimum absolute atomic E-state index is 0.125. The Bertz CT molecular complexity index is 196. The maximum atomic E-state index is 10.6. The van der Waals surface area contributed by atoms with Crippen LogP contribution in [-0.2, 0) is 4.79 Å². The van der Waals surface area contributed by atoms with Crippen LogP contribution in [0.4, 0.5) is 13.2 Å². The smallest absolute Gasteiger partial charge is 0.475 e. The van der Waals surface area contributed by atoms with Gasteiger partial charge in [0.15, 0.2) is 0 Å². The third-order valence-electron chi connectivity index (χ3n) is 1.44. The number of carbonyl (C=O) groups is 1. The highest BCUT2D eigenvalue weighted by atomic mass is 19.4. The van der Waals surface area contributed by atoms with Gasteiger partial charge >= 0.3 is 12.1 Å². The van der Waals surface area contributed by atoms with Crippen molar-refractivity contribution < 1.29 is 33.3 Å². The summed E-state index contributed by atoms with van der Waals surface area (Å²) in [7, 11) is 0. The van der Waals surface area contributed by atoms with Crippen LogP contribution in [0.1, 0.15) is 0 Å². The molecule has 1 rings (SSSR count). The number of carboxylic acids is 1. The average molecular weight is 217 g/mol. The van der Waals surface area contributed by atoms with E-state index in [0.29, 0.717) is 13.1 Å². The van der Waals surface area contributed by atoms with Gasteiger partial charge in [-0.1, -0.05) is 0 Å². The van der Waals surface area contributed by atoms with Crippen molar-refractivity contribution in [1.29, 1.82) is 0 Å². The van der Waals surface area contributed by atoms with E-state index in [1.165, 1.54) is 0 Å². The van der Waals surface area contributed by atoms with E-state index in [-0.39, 0.29) is 6.61 Å². The first kappa shape index (κ1) is 13.1. The molecule has 84 valence electrons. The van der Waals surface area contributed by atoms with Gasteiger partial charge in [0.25, 0.3) is 0 Å². The Morgan fingerprint density at radius 3 is 1.79 bits per heavy atom. The zero-order chi connectivity index (χ0) is 11.4. The molecule has 1 aliphatic heterocycles. The number of rotatable bonds is 1. The van der Waals surface area contributed by atoms with Gasteiger partial charge in [0.1, 0.15) is 5.60 Å². The molecule has 4 N–H and O–H groups in total. The van der Waals surface area contributed by atoms with E-state index < -0.39 is 17.7 Å². The fraction of sp³-hybridized carbons (Fsp3) is 0.833. The summed E-state index contributed by atoms with van der Waals surface area (Å²) in [6.07, 6.45) is -5.08. The number of aliphatic hydroxyl groups excluding tert-OH is 1. The Kier molecular flexibility index (Phi) is 4.30. The molecular weight excluding hydrogens is 207 g/mol. The third-order valence-corrected chi connectivity index (χ3v) is 1.44. The van der Waals surface area contributed by atoms with Gasteiger partial charge in [0.05, 0.1) is 6.61 Å². The predicted molar refractivity (Wildman–Crippen MR) is 38.6 cm³/mol. The highest BCUT2D eigenvalue weighted by Crippen LogP contribution is 2.13. The van der Waals surface area contributed by atoms with Gasteiger partial charge in [-0.25, -0.2) is 4.79 Å². The van der Waals surface area contributed by atoms with Crippen LogP contribution >= 0.6 is 0 Å². The van der Waals surface area contributed by atoms with E-state index in [0.717, 1.165) is 0 Å². The van der Waals surface area contributed by atoms with Crippen LogP contribution in [0.25, 0.3) is 0 Å². The van der Waals surface area contributed by atoms with Gasteiger partial charge in [0, 0.05) is 13.1 Å². The number of aliphatic hydroxyl groups is 2. The predicted octanol–water partition coefficient (Wildman–Crippen LogP) is -1.05. The lowest BCUT2D eigenvalue weighted by molar-refractivity contribution is -0.192. The van der Waals surface area contributed by atoms with Crippen molar-refractivity contribution in [2.45, 2.75) is 11.8 Å². The number of β-amino-alcohol motifs (C(OH)–C–C–N with tert-alkyl or cyclic N) is 1. The van der Waals surface area contributed by atoms with Crippen LogP contribution in [0.5, 0.6) is 0 Å². The van der Waals surface area contributed by atoms with Crippen molar-refractivity contribution in [2.24, 2.45) is 0 Å². The summed E-state index contributed by atoms with van der Waals surface area (Å²) in [5.74, 6) is -2.76. The molecule has 0 saturated carbocycles. The number of halogens is 3. The van der Waals surface area contributed by atoms with Crippen molar-refractivity contribution in [3.05, 3.63) is 0 Å². The molecule has 0 amide bonds. The van der Waals surface area contributed by atoms with Crippen LogP contribution in [0, 0.1) is 0 Å². The number of hydrogen-bond donors (Lipinski definition) is 4. The monoisotopic (exact) mass is 217 g/mol. The topological polar surface area (TPSA) is 89.8 Å². The molecule has 1 aliphatic rings. The summed E-state index contributed by atoms with van der Waals surface area (Å²) < 4.78 is 31.7. The molecule has 0 aromatic rings. The second kappa shape index (κ2) is 4.58. The quantitative estimate of drug-likeness (QED) is 0.450. The Balaban J connectivity index is 0.000000241. The van der Waals surface area contributed by atoms with E-state index in [2.05, 4.69) is 5.32 Å². The van der Waals surface area contributed by atoms with Gasteiger partial charge in [-0.2, -0.15) is 13.2 Å². The molecule has 8 heteroatoms. The molecule has 0 unspecified atom stereocenters. The molecule has 5 nitrogen and oxygen atoms in total. The Morgan fingerprint density at radius 2 is 1.79 bits per heavy atom. The number of aliphatic carboxylic acids is 1. The first-order valence-electron chi connectivity index (χ1n) is 3.55. The van der Waals surface area contributed by atoms with Crippen LogP contribution < -0.4 is 5.32 Å². The Hall–Kier alpha value is -0.860. The minimum Gasteiger partial charge on any atom is -0.475 e. The SMILES string of the molecule is O=C(O)C(F)(F)F.OCC1(O)CNC1. The van der Waals surface area contributed by atoms with Crippen LogP contribution in [0.3, 0.4) is 0 Å². The van der Waals surface area contributed by atoms with Crippen molar-refractivity contribution in [1.82, 2.24) is 5.32 Å². The molecule has 1 fully saturated rings. The fourth-order valence-electron chi connectivity index (χ4n) is 0.525. The van der Waals surface area contributed by atoms with Crippen LogP contribution in [-0.4, -0.2) is 52.8 Å².